The van der Waals surface area contributed by atoms with Crippen LogP contribution in [0.15, 0.2) is 18.2 Å². The van der Waals surface area contributed by atoms with Gasteiger partial charge in [-0.25, -0.2) is 0 Å². The van der Waals surface area contributed by atoms with Crippen molar-refractivity contribution in [3.63, 3.8) is 0 Å². The monoisotopic (exact) mass is 295 g/mol. The first kappa shape index (κ1) is 17.3. The van der Waals surface area contributed by atoms with Gasteiger partial charge in [0.1, 0.15) is 0 Å². The van der Waals surface area contributed by atoms with Crippen LogP contribution in [0.25, 0.3) is 0 Å². The molecule has 5 nitrogen and oxygen atoms in total. The summed E-state index contributed by atoms with van der Waals surface area (Å²) in [7, 11) is 0. The average Bonchev–Trinajstić information content (AvgIpc) is 2.47. The van der Waals surface area contributed by atoms with Gasteiger partial charge in [-0.3, -0.25) is 4.79 Å². The summed E-state index contributed by atoms with van der Waals surface area (Å²) in [5.74, 6) is 1.07. The predicted octanol–water partition coefficient (Wildman–Crippen LogP) is 2.37. The van der Waals surface area contributed by atoms with Crippen LogP contribution in [0.5, 0.6) is 11.5 Å². The minimum Gasteiger partial charge on any atom is -0.490 e. The summed E-state index contributed by atoms with van der Waals surface area (Å²) in [6.45, 7) is 6.91. The summed E-state index contributed by atoms with van der Waals surface area (Å²) in [5.41, 5.74) is 0.540. The van der Waals surface area contributed by atoms with E-state index in [-0.39, 0.29) is 18.6 Å². The maximum atomic E-state index is 12.2. The number of aliphatic hydroxyl groups is 1. The number of carbonyl (C=O) groups is 1. The van der Waals surface area contributed by atoms with Crippen molar-refractivity contribution < 1.29 is 19.4 Å². The van der Waals surface area contributed by atoms with E-state index in [0.29, 0.717) is 36.7 Å². The van der Waals surface area contributed by atoms with Gasteiger partial charge in [0.2, 0.25) is 0 Å². The molecule has 0 aromatic heterocycles. The van der Waals surface area contributed by atoms with Crippen LogP contribution in [0.2, 0.25) is 0 Å². The van der Waals surface area contributed by atoms with Crippen LogP contribution in [0.4, 0.5) is 0 Å². The molecule has 0 saturated carbocycles. The van der Waals surface area contributed by atoms with E-state index in [1.807, 2.05) is 20.8 Å². The maximum absolute atomic E-state index is 12.2. The minimum atomic E-state index is -0.149. The van der Waals surface area contributed by atoms with E-state index in [2.05, 4.69) is 5.32 Å². The van der Waals surface area contributed by atoms with Crippen molar-refractivity contribution in [2.45, 2.75) is 39.7 Å². The Kier molecular flexibility index (Phi) is 7.61. The third-order valence-electron chi connectivity index (χ3n) is 2.98. The first-order valence-electron chi connectivity index (χ1n) is 7.43. The molecule has 1 unspecified atom stereocenters. The maximum Gasteiger partial charge on any atom is 0.251 e. The van der Waals surface area contributed by atoms with Gasteiger partial charge in [0.15, 0.2) is 11.5 Å². The lowest BCUT2D eigenvalue weighted by Crippen LogP contribution is -2.32. The quantitative estimate of drug-likeness (QED) is 0.734. The van der Waals surface area contributed by atoms with Crippen molar-refractivity contribution >= 4 is 5.91 Å². The van der Waals surface area contributed by atoms with Gasteiger partial charge in [-0.05, 0) is 51.8 Å². The van der Waals surface area contributed by atoms with Crippen LogP contribution in [0.1, 0.15) is 44.0 Å². The Morgan fingerprint density at radius 3 is 2.52 bits per heavy atom. The zero-order chi connectivity index (χ0) is 15.7. The molecule has 0 spiro atoms. The Morgan fingerprint density at radius 1 is 1.24 bits per heavy atom. The summed E-state index contributed by atoms with van der Waals surface area (Å²) in [6, 6.07) is 5.19. The number of nitrogens with one attached hydrogen (secondary N) is 1. The number of hydrogen-bond donors (Lipinski definition) is 2. The second-order valence-corrected chi connectivity index (χ2v) is 4.77. The van der Waals surface area contributed by atoms with Gasteiger partial charge >= 0.3 is 0 Å². The average molecular weight is 295 g/mol. The number of hydrogen-bond acceptors (Lipinski definition) is 4. The summed E-state index contributed by atoms with van der Waals surface area (Å²) in [4.78, 5) is 12.2. The molecule has 0 bridgehead atoms. The van der Waals surface area contributed by atoms with Crippen LogP contribution in [-0.4, -0.2) is 36.9 Å². The van der Waals surface area contributed by atoms with Crippen molar-refractivity contribution in [2.24, 2.45) is 0 Å². The Balaban J connectivity index is 2.77. The van der Waals surface area contributed by atoms with Gasteiger partial charge < -0.3 is 19.9 Å². The summed E-state index contributed by atoms with van der Waals surface area (Å²) >= 11 is 0. The minimum absolute atomic E-state index is 0.0201. The fraction of sp³-hybridized carbons (Fsp3) is 0.562. The lowest BCUT2D eigenvalue weighted by Gasteiger charge is -2.15. The molecule has 1 aromatic rings. The van der Waals surface area contributed by atoms with Crippen LogP contribution >= 0.6 is 0 Å². The van der Waals surface area contributed by atoms with E-state index < -0.39 is 0 Å². The van der Waals surface area contributed by atoms with Crippen LogP contribution in [-0.2, 0) is 0 Å². The molecular weight excluding hydrogens is 270 g/mol. The predicted molar refractivity (Wildman–Crippen MR) is 82.0 cm³/mol. The highest BCUT2D eigenvalue weighted by molar-refractivity contribution is 5.95. The highest BCUT2D eigenvalue weighted by Crippen LogP contribution is 2.28. The van der Waals surface area contributed by atoms with Crippen LogP contribution in [0, 0.1) is 0 Å². The first-order valence-corrected chi connectivity index (χ1v) is 7.43. The zero-order valence-electron chi connectivity index (χ0n) is 13.0. The standard InChI is InChI=1S/C16H25NO4/c1-4-20-14-9-8-13(11-15(14)21-5-2)16(19)17-12(3)7-6-10-18/h8-9,11-12,18H,4-7,10H2,1-3H3,(H,17,19). The molecule has 0 aliphatic heterocycles. The SMILES string of the molecule is CCOc1ccc(C(=O)NC(C)CCCO)cc1OCC. The highest BCUT2D eigenvalue weighted by atomic mass is 16.5. The van der Waals surface area contributed by atoms with Crippen molar-refractivity contribution in [3.05, 3.63) is 23.8 Å². The molecule has 1 atom stereocenters. The first-order chi connectivity index (χ1) is 10.1. The molecule has 1 amide bonds. The largest absolute Gasteiger partial charge is 0.490 e. The molecule has 21 heavy (non-hydrogen) atoms. The second-order valence-electron chi connectivity index (χ2n) is 4.77. The third-order valence-corrected chi connectivity index (χ3v) is 2.98. The van der Waals surface area contributed by atoms with Crippen LogP contribution in [0.3, 0.4) is 0 Å². The number of aliphatic hydroxyl groups excluding tert-OH is 1. The molecule has 0 fully saturated rings. The Labute approximate surface area is 126 Å². The Hall–Kier alpha value is -1.75. The van der Waals surface area contributed by atoms with E-state index in [4.69, 9.17) is 14.6 Å². The molecule has 0 radical (unpaired) electrons. The van der Waals surface area contributed by atoms with E-state index in [9.17, 15) is 4.79 Å². The van der Waals surface area contributed by atoms with E-state index in [1.165, 1.54) is 0 Å². The fourth-order valence-electron chi connectivity index (χ4n) is 1.97. The number of rotatable bonds is 9. The van der Waals surface area contributed by atoms with Gasteiger partial charge in [-0.1, -0.05) is 0 Å². The molecular formula is C16H25NO4. The lowest BCUT2D eigenvalue weighted by atomic mass is 10.1. The molecule has 0 aliphatic rings. The van der Waals surface area contributed by atoms with Crippen molar-refractivity contribution in [1.82, 2.24) is 5.32 Å². The molecule has 118 valence electrons. The van der Waals surface area contributed by atoms with Crippen molar-refractivity contribution in [2.75, 3.05) is 19.8 Å². The van der Waals surface area contributed by atoms with Gasteiger partial charge in [0.25, 0.3) is 5.91 Å². The Morgan fingerprint density at radius 2 is 1.90 bits per heavy atom. The number of benzene rings is 1. The van der Waals surface area contributed by atoms with E-state index in [0.717, 1.165) is 6.42 Å². The Bertz CT molecular complexity index is 448. The molecule has 5 heteroatoms. The fourth-order valence-corrected chi connectivity index (χ4v) is 1.97. The molecule has 0 heterocycles. The summed E-state index contributed by atoms with van der Waals surface area (Å²) in [5, 5.41) is 11.7. The van der Waals surface area contributed by atoms with Gasteiger partial charge in [0.05, 0.1) is 13.2 Å². The van der Waals surface area contributed by atoms with Crippen molar-refractivity contribution in [1.29, 1.82) is 0 Å². The lowest BCUT2D eigenvalue weighted by molar-refractivity contribution is 0.0936. The zero-order valence-corrected chi connectivity index (χ0v) is 13.0. The van der Waals surface area contributed by atoms with Crippen molar-refractivity contribution in [3.8, 4) is 11.5 Å². The highest BCUT2D eigenvalue weighted by Gasteiger charge is 2.13. The van der Waals surface area contributed by atoms with E-state index >= 15 is 0 Å². The van der Waals surface area contributed by atoms with Gasteiger partial charge in [-0.2, -0.15) is 0 Å². The summed E-state index contributed by atoms with van der Waals surface area (Å²) < 4.78 is 11.0. The summed E-state index contributed by atoms with van der Waals surface area (Å²) in [6.07, 6.45) is 1.42. The smallest absolute Gasteiger partial charge is 0.251 e. The number of ether oxygens (including phenoxy) is 2. The molecule has 0 aliphatic carbocycles. The molecule has 1 aromatic carbocycles. The third kappa shape index (κ3) is 5.63. The molecule has 2 N–H and O–H groups in total. The van der Waals surface area contributed by atoms with Gasteiger partial charge in [0, 0.05) is 18.2 Å². The number of amides is 1. The van der Waals surface area contributed by atoms with E-state index in [1.54, 1.807) is 18.2 Å². The number of carbonyl (C=O) groups excluding carboxylic acids is 1. The molecule has 1 rings (SSSR count). The van der Waals surface area contributed by atoms with Crippen LogP contribution < -0.4 is 14.8 Å². The van der Waals surface area contributed by atoms with Gasteiger partial charge in [-0.15, -0.1) is 0 Å². The normalized spacial score (nSPS) is 11.8. The topological polar surface area (TPSA) is 67.8 Å². The molecule has 0 saturated heterocycles. The second kappa shape index (κ2) is 9.23.